The number of aromatic nitrogens is 1. The highest BCUT2D eigenvalue weighted by Crippen LogP contribution is 2.39. The molecule has 0 amide bonds. The van der Waals surface area contributed by atoms with E-state index in [9.17, 15) is 0 Å². The average molecular weight is 404 g/mol. The molecule has 1 aliphatic heterocycles. The van der Waals surface area contributed by atoms with Gasteiger partial charge in [-0.05, 0) is 48.6 Å². The van der Waals surface area contributed by atoms with Crippen molar-refractivity contribution in [1.29, 1.82) is 0 Å². The topological polar surface area (TPSA) is 23.4 Å². The monoisotopic (exact) mass is 403 g/mol. The highest BCUT2D eigenvalue weighted by molar-refractivity contribution is 5.73. The number of ether oxygens (including phenoxy) is 2. The average Bonchev–Trinajstić information content (AvgIpc) is 3.35. The first-order chi connectivity index (χ1) is 14.8. The van der Waals surface area contributed by atoms with Crippen LogP contribution in [0.5, 0.6) is 11.5 Å². The number of unbranched alkanes of at least 4 members (excludes halogenated alkanes) is 5. The van der Waals surface area contributed by atoms with Crippen molar-refractivity contribution < 1.29 is 9.47 Å². The fraction of sp³-hybridized carbons (Fsp3) is 0.407. The van der Waals surface area contributed by atoms with Crippen molar-refractivity contribution in [2.75, 3.05) is 6.79 Å². The summed E-state index contributed by atoms with van der Waals surface area (Å²) in [4.78, 5) is 0. The van der Waals surface area contributed by atoms with Crippen LogP contribution in [-0.2, 0) is 13.0 Å². The number of aryl methyl sites for hydroxylation is 1. The molecule has 0 spiro atoms. The van der Waals surface area contributed by atoms with Gasteiger partial charge in [-0.2, -0.15) is 0 Å². The first-order valence-corrected chi connectivity index (χ1v) is 11.4. The van der Waals surface area contributed by atoms with Crippen LogP contribution in [0.3, 0.4) is 0 Å². The van der Waals surface area contributed by atoms with E-state index in [1.54, 1.807) is 0 Å². The molecule has 0 saturated carbocycles. The molecule has 2 heterocycles. The smallest absolute Gasteiger partial charge is 0.231 e. The first kappa shape index (κ1) is 20.6. The lowest BCUT2D eigenvalue weighted by molar-refractivity contribution is 0.174. The van der Waals surface area contributed by atoms with Gasteiger partial charge in [-0.15, -0.1) is 0 Å². The van der Waals surface area contributed by atoms with Crippen molar-refractivity contribution in [2.45, 2.75) is 65.3 Å². The normalized spacial score (nSPS) is 12.5. The minimum Gasteiger partial charge on any atom is -0.454 e. The van der Waals surface area contributed by atoms with Gasteiger partial charge < -0.3 is 14.0 Å². The summed E-state index contributed by atoms with van der Waals surface area (Å²) in [5.74, 6) is 1.70. The molecule has 0 atom stereocenters. The molecule has 0 fully saturated rings. The Hall–Kier alpha value is -2.68. The lowest BCUT2D eigenvalue weighted by atomic mass is 9.97. The number of hydrogen-bond acceptors (Lipinski definition) is 2. The third kappa shape index (κ3) is 4.72. The number of hydrogen-bond donors (Lipinski definition) is 0. The van der Waals surface area contributed by atoms with Gasteiger partial charge in [0, 0.05) is 24.0 Å². The van der Waals surface area contributed by atoms with Crippen LogP contribution in [0.2, 0.25) is 0 Å². The summed E-state index contributed by atoms with van der Waals surface area (Å²) in [6.45, 7) is 5.74. The predicted octanol–water partition coefficient (Wildman–Crippen LogP) is 7.14. The Bertz CT molecular complexity index is 958. The van der Waals surface area contributed by atoms with E-state index >= 15 is 0 Å². The van der Waals surface area contributed by atoms with Crippen LogP contribution >= 0.6 is 0 Å². The third-order valence-corrected chi connectivity index (χ3v) is 6.08. The largest absolute Gasteiger partial charge is 0.454 e. The Labute approximate surface area is 180 Å². The van der Waals surface area contributed by atoms with E-state index in [0.29, 0.717) is 6.79 Å². The number of benzene rings is 2. The van der Waals surface area contributed by atoms with Crippen molar-refractivity contribution in [3.8, 4) is 22.6 Å². The molecule has 0 unspecified atom stereocenters. The SMILES string of the molecule is CCCCCCCCc1cn(Cc2ccccc2)c(C)c1-c1ccc2c(c1)OCO2. The first-order valence-electron chi connectivity index (χ1n) is 11.4. The van der Waals surface area contributed by atoms with Gasteiger partial charge in [0.15, 0.2) is 11.5 Å². The fourth-order valence-electron chi connectivity index (χ4n) is 4.40. The van der Waals surface area contributed by atoms with Gasteiger partial charge in [-0.3, -0.25) is 0 Å². The van der Waals surface area contributed by atoms with Gasteiger partial charge in [-0.25, -0.2) is 0 Å². The maximum absolute atomic E-state index is 5.65. The summed E-state index contributed by atoms with van der Waals surface area (Å²) in [7, 11) is 0. The highest BCUT2D eigenvalue weighted by atomic mass is 16.7. The van der Waals surface area contributed by atoms with E-state index in [1.165, 1.54) is 66.5 Å². The molecule has 30 heavy (non-hydrogen) atoms. The number of rotatable bonds is 10. The van der Waals surface area contributed by atoms with Crippen molar-refractivity contribution in [1.82, 2.24) is 4.57 Å². The second-order valence-electron chi connectivity index (χ2n) is 8.31. The Morgan fingerprint density at radius 1 is 0.867 bits per heavy atom. The summed E-state index contributed by atoms with van der Waals surface area (Å²) >= 11 is 0. The molecule has 0 radical (unpaired) electrons. The number of fused-ring (bicyclic) bond motifs is 1. The lowest BCUT2D eigenvalue weighted by Crippen LogP contribution is -2.00. The van der Waals surface area contributed by atoms with Gasteiger partial charge in [0.1, 0.15) is 0 Å². The van der Waals surface area contributed by atoms with Gasteiger partial charge in [0.05, 0.1) is 0 Å². The van der Waals surface area contributed by atoms with Gasteiger partial charge >= 0.3 is 0 Å². The molecular formula is C27H33NO2. The summed E-state index contributed by atoms with van der Waals surface area (Å²) in [6, 6.07) is 17.1. The van der Waals surface area contributed by atoms with Crippen molar-refractivity contribution in [3.05, 3.63) is 71.5 Å². The van der Waals surface area contributed by atoms with E-state index in [1.807, 2.05) is 6.07 Å². The molecular weight excluding hydrogens is 370 g/mol. The molecule has 0 aliphatic carbocycles. The lowest BCUT2D eigenvalue weighted by Gasteiger charge is -2.09. The molecule has 3 aromatic rings. The van der Waals surface area contributed by atoms with Gasteiger partial charge in [-0.1, -0.05) is 75.4 Å². The molecule has 158 valence electrons. The van der Waals surface area contributed by atoms with E-state index in [-0.39, 0.29) is 0 Å². The second-order valence-corrected chi connectivity index (χ2v) is 8.31. The zero-order valence-corrected chi connectivity index (χ0v) is 18.3. The molecule has 3 heteroatoms. The molecule has 3 nitrogen and oxygen atoms in total. The maximum Gasteiger partial charge on any atom is 0.231 e. The van der Waals surface area contributed by atoms with E-state index < -0.39 is 0 Å². The Morgan fingerprint density at radius 2 is 1.63 bits per heavy atom. The molecule has 0 N–H and O–H groups in total. The molecule has 0 saturated heterocycles. The molecule has 1 aromatic heterocycles. The maximum atomic E-state index is 5.65. The number of nitrogens with zero attached hydrogens (tertiary/aromatic N) is 1. The Balaban J connectivity index is 1.58. The van der Waals surface area contributed by atoms with Crippen LogP contribution in [0.15, 0.2) is 54.7 Å². The van der Waals surface area contributed by atoms with Crippen molar-refractivity contribution in [2.24, 2.45) is 0 Å². The van der Waals surface area contributed by atoms with Crippen LogP contribution in [0, 0.1) is 6.92 Å². The van der Waals surface area contributed by atoms with Crippen LogP contribution in [0.25, 0.3) is 11.1 Å². The minimum atomic E-state index is 0.317. The van der Waals surface area contributed by atoms with E-state index in [4.69, 9.17) is 9.47 Å². The quantitative estimate of drug-likeness (QED) is 0.336. The summed E-state index contributed by atoms with van der Waals surface area (Å²) in [5, 5.41) is 0. The molecule has 2 aromatic carbocycles. The summed E-state index contributed by atoms with van der Waals surface area (Å²) in [5.41, 5.74) is 6.68. The summed E-state index contributed by atoms with van der Waals surface area (Å²) in [6.07, 6.45) is 11.4. The summed E-state index contributed by atoms with van der Waals surface area (Å²) < 4.78 is 13.6. The molecule has 4 rings (SSSR count). The standard InChI is InChI=1S/C27H33NO2/c1-3-4-5-6-7-11-14-24-19-28(18-22-12-9-8-10-13-22)21(2)27(24)23-15-16-25-26(17-23)30-20-29-25/h8-10,12-13,15-17,19H,3-7,11,14,18,20H2,1-2H3. The van der Waals surface area contributed by atoms with Gasteiger partial charge in [0.25, 0.3) is 0 Å². The molecule has 0 bridgehead atoms. The second kappa shape index (κ2) is 9.88. The minimum absolute atomic E-state index is 0.317. The van der Waals surface area contributed by atoms with E-state index in [0.717, 1.165) is 24.5 Å². The predicted molar refractivity (Wildman–Crippen MR) is 123 cm³/mol. The Morgan fingerprint density at radius 3 is 2.47 bits per heavy atom. The van der Waals surface area contributed by atoms with Crippen molar-refractivity contribution in [3.63, 3.8) is 0 Å². The zero-order chi connectivity index (χ0) is 20.8. The van der Waals surface area contributed by atoms with Crippen LogP contribution in [0.1, 0.15) is 62.3 Å². The third-order valence-electron chi connectivity index (χ3n) is 6.08. The van der Waals surface area contributed by atoms with Crippen LogP contribution < -0.4 is 9.47 Å². The highest BCUT2D eigenvalue weighted by Gasteiger charge is 2.19. The molecule has 1 aliphatic rings. The van der Waals surface area contributed by atoms with E-state index in [2.05, 4.69) is 67.1 Å². The van der Waals surface area contributed by atoms with Crippen molar-refractivity contribution >= 4 is 0 Å². The van der Waals surface area contributed by atoms with Crippen LogP contribution in [0.4, 0.5) is 0 Å². The van der Waals surface area contributed by atoms with Crippen LogP contribution in [-0.4, -0.2) is 11.4 Å². The van der Waals surface area contributed by atoms with Gasteiger partial charge in [0.2, 0.25) is 6.79 Å². The zero-order valence-electron chi connectivity index (χ0n) is 18.3. The Kier molecular flexibility index (Phi) is 6.78. The fourth-order valence-corrected chi connectivity index (χ4v) is 4.40.